The second kappa shape index (κ2) is 219. The Morgan fingerprint density at radius 2 is 0.267 bits per heavy atom. The van der Waals surface area contributed by atoms with E-state index in [2.05, 4.69) is 0 Å². The van der Waals surface area contributed by atoms with Crippen LogP contribution in [0.15, 0.2) is 0 Å². The smallest absolute Gasteiger partial charge is 2.00 e. The predicted molar refractivity (Wildman–Crippen MR) is 51.4 cm³/mol. The molecule has 0 aromatic rings. The van der Waals surface area contributed by atoms with E-state index in [0.29, 0.717) is 0 Å². The molecule has 0 aliphatic heterocycles. The van der Waals surface area contributed by atoms with Gasteiger partial charge in [0.1, 0.15) is 0 Å². The van der Waals surface area contributed by atoms with Crippen LogP contribution >= 0.6 is 19.8 Å². The summed E-state index contributed by atoms with van der Waals surface area (Å²) in [5.41, 5.74) is 0. The van der Waals surface area contributed by atoms with Crippen LogP contribution in [0, 0.1) is 0 Å². The van der Waals surface area contributed by atoms with Crippen LogP contribution in [0.2, 0.25) is 0 Å². The van der Waals surface area contributed by atoms with Crippen molar-refractivity contribution in [3.63, 3.8) is 0 Å². The molecule has 0 saturated heterocycles. The van der Waals surface area contributed by atoms with Gasteiger partial charge in [-0.3, -0.25) is 0 Å². The first-order valence-electron chi connectivity index (χ1n) is 0. The van der Waals surface area contributed by atoms with Crippen molar-refractivity contribution in [2.75, 3.05) is 0 Å². The second-order valence-corrected chi connectivity index (χ2v) is 0. The molecule has 0 saturated carbocycles. The molecule has 94 valence electrons. The van der Waals surface area contributed by atoms with Gasteiger partial charge in [0, 0.05) is 113 Å². The fourth-order valence-electron chi connectivity index (χ4n) is 0. The molecule has 15 heteroatoms. The van der Waals surface area contributed by atoms with Crippen LogP contribution in [0.1, 0.15) is 0 Å². The third kappa shape index (κ3) is 196. The maximum absolute atomic E-state index is 0. The Hall–Kier alpha value is 5.54. The first-order chi connectivity index (χ1) is 0. The van der Waals surface area contributed by atoms with Gasteiger partial charge in [-0.25, -0.2) is 0 Å². The summed E-state index contributed by atoms with van der Waals surface area (Å²) in [6, 6.07) is 0. The van der Waals surface area contributed by atoms with E-state index in [0.717, 1.165) is 0 Å². The third-order valence-corrected chi connectivity index (χ3v) is 0. The molecule has 15 heavy (non-hydrogen) atoms. The molecule has 6 radical (unpaired) electrons. The number of rotatable bonds is 0. The van der Waals surface area contributed by atoms with Crippen LogP contribution in [-0.4, -0.2) is 151 Å². The fraction of sp³-hybridized carbons (Fsp3) is 0. The van der Waals surface area contributed by atoms with Gasteiger partial charge in [0.05, 0.1) is 0 Å². The summed E-state index contributed by atoms with van der Waals surface area (Å²) in [4.78, 5) is 0. The molecular formula is H6Ca4O9P2-16. The average molecular weight is 372 g/mol. The van der Waals surface area contributed by atoms with Crippen LogP contribution in [0.4, 0.5) is 0 Å². The van der Waals surface area contributed by atoms with Crippen LogP contribution in [0.5, 0.6) is 0 Å². The van der Waals surface area contributed by atoms with Gasteiger partial charge in [-0.05, 0) is 0 Å². The standard InChI is InChI=1S/4Ca.9O.2H3P/h;;;;;;;;;;;;;2*1H3/q;;;+2;9*-2;;. The summed E-state index contributed by atoms with van der Waals surface area (Å²) in [7, 11) is 0. The van der Waals surface area contributed by atoms with Crippen LogP contribution in [-0.2, 0) is 49.3 Å². The molecule has 0 aromatic heterocycles. The number of hydrogen-bond donors (Lipinski definition) is 0. The summed E-state index contributed by atoms with van der Waals surface area (Å²) < 4.78 is 0. The minimum atomic E-state index is 0. The van der Waals surface area contributed by atoms with Gasteiger partial charge in [0.25, 0.3) is 0 Å². The van der Waals surface area contributed by atoms with E-state index in [-0.39, 0.29) is 220 Å². The van der Waals surface area contributed by atoms with Gasteiger partial charge in [-0.2, -0.15) is 19.8 Å². The quantitative estimate of drug-likeness (QED) is 0.316. The summed E-state index contributed by atoms with van der Waals surface area (Å²) in [6.07, 6.45) is 0. The van der Waals surface area contributed by atoms with E-state index in [1.165, 1.54) is 0 Å². The van der Waals surface area contributed by atoms with E-state index in [4.69, 9.17) is 0 Å². The molecule has 0 rings (SSSR count). The van der Waals surface area contributed by atoms with Gasteiger partial charge in [0.15, 0.2) is 0 Å². The molecule has 0 aliphatic rings. The Balaban J connectivity index is 0. The van der Waals surface area contributed by atoms with E-state index in [1.807, 2.05) is 0 Å². The Morgan fingerprint density at radius 3 is 0.267 bits per heavy atom. The maximum Gasteiger partial charge on any atom is 2.00 e. The van der Waals surface area contributed by atoms with Crippen molar-refractivity contribution in [1.29, 1.82) is 0 Å². The first kappa shape index (κ1) is 256. The second-order valence-electron chi connectivity index (χ2n) is 0. The largest absolute Gasteiger partial charge is 2.00 e. The van der Waals surface area contributed by atoms with Crippen LogP contribution in [0.3, 0.4) is 0 Å². The Bertz CT molecular complexity index is 20.1. The zero-order chi connectivity index (χ0) is 0. The van der Waals surface area contributed by atoms with Gasteiger partial charge in [-0.15, -0.1) is 0 Å². The molecule has 0 aromatic carbocycles. The van der Waals surface area contributed by atoms with Crippen molar-refractivity contribution < 1.29 is 49.3 Å². The first-order valence-corrected chi connectivity index (χ1v) is 0. The zero-order valence-electron chi connectivity index (χ0n) is 7.92. The molecular weight excluding hydrogens is 366 g/mol. The molecule has 0 spiro atoms. The fourth-order valence-corrected chi connectivity index (χ4v) is 0. The SMILES string of the molecule is P.P.[Ca+2].[Ca].[Ca].[Ca].[O-2].[O-2].[O-2].[O-2].[O-2].[O-2].[O-2].[O-2].[O-2]. The maximum atomic E-state index is 0. The van der Waals surface area contributed by atoms with Crippen molar-refractivity contribution in [2.24, 2.45) is 0 Å². The Kier molecular flexibility index (Phi) is 3730. The van der Waals surface area contributed by atoms with Crippen LogP contribution < -0.4 is 0 Å². The molecule has 9 nitrogen and oxygen atoms in total. The molecule has 2 unspecified atom stereocenters. The van der Waals surface area contributed by atoms with Crippen molar-refractivity contribution in [3.8, 4) is 0 Å². The molecule has 0 heterocycles. The van der Waals surface area contributed by atoms with Crippen LogP contribution in [0.25, 0.3) is 0 Å². The van der Waals surface area contributed by atoms with Gasteiger partial charge in [0.2, 0.25) is 0 Å². The zero-order valence-corrected chi connectivity index (χ0v) is 19.6. The molecule has 0 N–H and O–H groups in total. The van der Waals surface area contributed by atoms with Gasteiger partial charge in [-0.1, -0.05) is 0 Å². The average Bonchev–Trinajstić information content (AvgIpc) is 0. The summed E-state index contributed by atoms with van der Waals surface area (Å²) in [6.45, 7) is 0. The molecule has 2 atom stereocenters. The van der Waals surface area contributed by atoms with E-state index in [9.17, 15) is 0 Å². The Morgan fingerprint density at radius 1 is 0.267 bits per heavy atom. The third-order valence-electron chi connectivity index (χ3n) is 0. The predicted octanol–water partition coefficient (Wildman–Crippen LogP) is -2.48. The van der Waals surface area contributed by atoms with E-state index < -0.39 is 0 Å². The molecule has 0 amide bonds. The summed E-state index contributed by atoms with van der Waals surface area (Å²) >= 11 is 0. The normalized spacial score (nSPS) is 0. The topological polar surface area (TPSA) is 256 Å². The van der Waals surface area contributed by atoms with E-state index in [1.54, 1.807) is 0 Å². The molecule has 0 aliphatic carbocycles. The van der Waals surface area contributed by atoms with Crippen molar-refractivity contribution in [3.05, 3.63) is 0 Å². The van der Waals surface area contributed by atoms with Crippen molar-refractivity contribution in [2.45, 2.75) is 0 Å². The van der Waals surface area contributed by atoms with E-state index >= 15 is 0 Å². The van der Waals surface area contributed by atoms with Crippen molar-refractivity contribution in [1.82, 2.24) is 0 Å². The monoisotopic (exact) mass is 372 g/mol. The minimum absolute atomic E-state index is 0. The molecule has 0 fully saturated rings. The van der Waals surface area contributed by atoms with Crippen molar-refractivity contribution >= 4 is 171 Å². The molecule has 0 bridgehead atoms. The summed E-state index contributed by atoms with van der Waals surface area (Å²) in [5, 5.41) is 0. The summed E-state index contributed by atoms with van der Waals surface area (Å²) in [5.74, 6) is 0. The number of hydrogen-bond acceptors (Lipinski definition) is 0. The minimum Gasteiger partial charge on any atom is -2.00 e. The van der Waals surface area contributed by atoms with Gasteiger partial charge >= 0.3 is 37.7 Å². The van der Waals surface area contributed by atoms with Gasteiger partial charge < -0.3 is 49.3 Å². The Labute approximate surface area is 215 Å².